The standard InChI is InChI=1S/C12H16N4/c1-7(2)11-10(13)12-14-5-9(8-3-4-8)6-16(12)15-11/h5-8H,3-4,13H2,1-2H3. The van der Waals surface area contributed by atoms with Gasteiger partial charge in [0.25, 0.3) is 0 Å². The quantitative estimate of drug-likeness (QED) is 0.838. The number of hydrogen-bond acceptors (Lipinski definition) is 3. The van der Waals surface area contributed by atoms with Gasteiger partial charge in [-0.15, -0.1) is 0 Å². The number of nitrogens with two attached hydrogens (primary N) is 1. The van der Waals surface area contributed by atoms with Gasteiger partial charge >= 0.3 is 0 Å². The monoisotopic (exact) mass is 216 g/mol. The first-order valence-corrected chi connectivity index (χ1v) is 5.80. The van der Waals surface area contributed by atoms with Crippen LogP contribution in [0.1, 0.15) is 49.8 Å². The lowest BCUT2D eigenvalue weighted by atomic mass is 10.1. The van der Waals surface area contributed by atoms with Crippen LogP contribution in [-0.2, 0) is 0 Å². The summed E-state index contributed by atoms with van der Waals surface area (Å²) in [5.41, 5.74) is 9.77. The van der Waals surface area contributed by atoms with Gasteiger partial charge in [-0.05, 0) is 30.2 Å². The summed E-state index contributed by atoms with van der Waals surface area (Å²) in [7, 11) is 0. The molecule has 2 aromatic heterocycles. The predicted molar refractivity (Wildman–Crippen MR) is 63.5 cm³/mol. The minimum absolute atomic E-state index is 0.339. The van der Waals surface area contributed by atoms with E-state index in [9.17, 15) is 0 Å². The largest absolute Gasteiger partial charge is 0.394 e. The van der Waals surface area contributed by atoms with Crippen molar-refractivity contribution in [1.82, 2.24) is 14.6 Å². The van der Waals surface area contributed by atoms with E-state index in [1.807, 2.05) is 10.7 Å². The second kappa shape index (κ2) is 3.20. The number of hydrogen-bond donors (Lipinski definition) is 1. The summed E-state index contributed by atoms with van der Waals surface area (Å²) in [6.45, 7) is 4.19. The third kappa shape index (κ3) is 1.37. The van der Waals surface area contributed by atoms with Crippen LogP contribution in [0, 0.1) is 0 Å². The highest BCUT2D eigenvalue weighted by Crippen LogP contribution is 2.39. The highest BCUT2D eigenvalue weighted by Gasteiger charge is 2.25. The lowest BCUT2D eigenvalue weighted by Gasteiger charge is -1.98. The Morgan fingerprint density at radius 3 is 2.81 bits per heavy atom. The van der Waals surface area contributed by atoms with Crippen molar-refractivity contribution in [3.63, 3.8) is 0 Å². The van der Waals surface area contributed by atoms with Crippen LogP contribution in [0.5, 0.6) is 0 Å². The molecule has 4 heteroatoms. The summed E-state index contributed by atoms with van der Waals surface area (Å²) in [6.07, 6.45) is 6.57. The van der Waals surface area contributed by atoms with Crippen molar-refractivity contribution < 1.29 is 0 Å². The van der Waals surface area contributed by atoms with Gasteiger partial charge in [0.05, 0.1) is 5.69 Å². The molecule has 0 saturated heterocycles. The number of fused-ring (bicyclic) bond motifs is 1. The number of nitrogen functional groups attached to an aromatic ring is 1. The van der Waals surface area contributed by atoms with Crippen molar-refractivity contribution in [3.8, 4) is 0 Å². The third-order valence-corrected chi connectivity index (χ3v) is 3.15. The van der Waals surface area contributed by atoms with Crippen molar-refractivity contribution >= 4 is 11.3 Å². The molecule has 0 spiro atoms. The van der Waals surface area contributed by atoms with Crippen LogP contribution >= 0.6 is 0 Å². The van der Waals surface area contributed by atoms with Crippen LogP contribution in [-0.4, -0.2) is 14.6 Å². The average Bonchev–Trinajstić information content (AvgIpc) is 3.04. The van der Waals surface area contributed by atoms with Crippen molar-refractivity contribution in [2.24, 2.45) is 0 Å². The molecule has 0 aliphatic heterocycles. The number of aromatic nitrogens is 3. The van der Waals surface area contributed by atoms with E-state index in [1.54, 1.807) is 0 Å². The van der Waals surface area contributed by atoms with Crippen LogP contribution in [0.4, 0.5) is 5.69 Å². The molecule has 2 aromatic rings. The van der Waals surface area contributed by atoms with E-state index in [1.165, 1.54) is 18.4 Å². The molecular formula is C12H16N4. The summed E-state index contributed by atoms with van der Waals surface area (Å²) in [5, 5.41) is 4.51. The fourth-order valence-electron chi connectivity index (χ4n) is 2.04. The maximum Gasteiger partial charge on any atom is 0.178 e. The molecule has 0 bridgehead atoms. The number of anilines is 1. The molecule has 84 valence electrons. The molecule has 1 aliphatic rings. The maximum absolute atomic E-state index is 6.04. The van der Waals surface area contributed by atoms with Crippen molar-refractivity contribution in [2.75, 3.05) is 5.73 Å². The van der Waals surface area contributed by atoms with Crippen molar-refractivity contribution in [3.05, 3.63) is 23.7 Å². The summed E-state index contributed by atoms with van der Waals surface area (Å²) in [4.78, 5) is 4.42. The van der Waals surface area contributed by atoms with Gasteiger partial charge in [0, 0.05) is 12.4 Å². The lowest BCUT2D eigenvalue weighted by molar-refractivity contribution is 0.784. The molecule has 2 heterocycles. The van der Waals surface area contributed by atoms with E-state index in [0.717, 1.165) is 17.0 Å². The Bertz CT molecular complexity index is 537. The Kier molecular flexibility index (Phi) is 1.93. The van der Waals surface area contributed by atoms with E-state index in [2.05, 4.69) is 30.1 Å². The summed E-state index contributed by atoms with van der Waals surface area (Å²) in [5.74, 6) is 1.04. The van der Waals surface area contributed by atoms with Crippen molar-refractivity contribution in [1.29, 1.82) is 0 Å². The first-order chi connectivity index (χ1) is 7.66. The van der Waals surface area contributed by atoms with Gasteiger partial charge in [-0.3, -0.25) is 0 Å². The molecule has 0 atom stereocenters. The average molecular weight is 216 g/mol. The van der Waals surface area contributed by atoms with Gasteiger partial charge < -0.3 is 5.73 Å². The smallest absolute Gasteiger partial charge is 0.178 e. The van der Waals surface area contributed by atoms with E-state index >= 15 is 0 Å². The maximum atomic E-state index is 6.04. The molecule has 1 aliphatic carbocycles. The molecular weight excluding hydrogens is 200 g/mol. The lowest BCUT2D eigenvalue weighted by Crippen LogP contribution is -1.94. The molecule has 2 N–H and O–H groups in total. The molecule has 1 saturated carbocycles. The Morgan fingerprint density at radius 2 is 2.19 bits per heavy atom. The number of nitrogens with zero attached hydrogens (tertiary/aromatic N) is 3. The van der Waals surface area contributed by atoms with Crippen molar-refractivity contribution in [2.45, 2.75) is 38.5 Å². The Balaban J connectivity index is 2.16. The van der Waals surface area contributed by atoms with E-state index in [4.69, 9.17) is 5.73 Å². The Hall–Kier alpha value is -1.58. The topological polar surface area (TPSA) is 56.2 Å². The minimum atomic E-state index is 0.339. The minimum Gasteiger partial charge on any atom is -0.394 e. The molecule has 0 radical (unpaired) electrons. The summed E-state index contributed by atoms with van der Waals surface area (Å²) in [6, 6.07) is 0. The van der Waals surface area contributed by atoms with Crippen LogP contribution in [0.3, 0.4) is 0 Å². The molecule has 4 nitrogen and oxygen atoms in total. The van der Waals surface area contributed by atoms with Gasteiger partial charge in [-0.2, -0.15) is 5.10 Å². The zero-order chi connectivity index (χ0) is 11.3. The Morgan fingerprint density at radius 1 is 1.44 bits per heavy atom. The van der Waals surface area contributed by atoms with Crippen LogP contribution in [0.2, 0.25) is 0 Å². The second-order valence-corrected chi connectivity index (χ2v) is 4.88. The van der Waals surface area contributed by atoms with Gasteiger partial charge in [-0.25, -0.2) is 9.50 Å². The highest BCUT2D eigenvalue weighted by molar-refractivity contribution is 5.68. The van der Waals surface area contributed by atoms with Crippen LogP contribution in [0.25, 0.3) is 5.65 Å². The molecule has 0 unspecified atom stereocenters. The first kappa shape index (κ1) is 9.63. The normalized spacial score (nSPS) is 16.2. The summed E-state index contributed by atoms with van der Waals surface area (Å²) >= 11 is 0. The van der Waals surface area contributed by atoms with Gasteiger partial charge in [0.1, 0.15) is 5.69 Å². The molecule has 0 amide bonds. The van der Waals surface area contributed by atoms with Crippen LogP contribution in [0.15, 0.2) is 12.4 Å². The van der Waals surface area contributed by atoms with E-state index < -0.39 is 0 Å². The van der Waals surface area contributed by atoms with Gasteiger partial charge in [0.15, 0.2) is 5.65 Å². The fourth-order valence-corrected chi connectivity index (χ4v) is 2.04. The van der Waals surface area contributed by atoms with E-state index in [-0.39, 0.29) is 0 Å². The predicted octanol–water partition coefficient (Wildman–Crippen LogP) is 2.31. The fraction of sp³-hybridized carbons (Fsp3) is 0.500. The van der Waals surface area contributed by atoms with Gasteiger partial charge in [0.2, 0.25) is 0 Å². The molecule has 0 aromatic carbocycles. The summed E-state index contributed by atoms with van der Waals surface area (Å²) < 4.78 is 1.83. The van der Waals surface area contributed by atoms with Crippen LogP contribution < -0.4 is 5.73 Å². The second-order valence-electron chi connectivity index (χ2n) is 4.88. The van der Waals surface area contributed by atoms with Gasteiger partial charge in [-0.1, -0.05) is 13.8 Å². The molecule has 1 fully saturated rings. The number of rotatable bonds is 2. The third-order valence-electron chi connectivity index (χ3n) is 3.15. The highest BCUT2D eigenvalue weighted by atomic mass is 15.3. The molecule has 3 rings (SSSR count). The van der Waals surface area contributed by atoms with E-state index in [0.29, 0.717) is 11.8 Å². The SMILES string of the molecule is CC(C)c1nn2cc(C3CC3)cnc2c1N. The first-order valence-electron chi connectivity index (χ1n) is 5.80. The zero-order valence-corrected chi connectivity index (χ0v) is 9.64. The molecule has 16 heavy (non-hydrogen) atoms. The Labute approximate surface area is 94.5 Å². The zero-order valence-electron chi connectivity index (χ0n) is 9.64.